The largest absolute Gasteiger partial charge is 0.0723 e. The van der Waals surface area contributed by atoms with Gasteiger partial charge in [-0.25, -0.2) is 0 Å². The Bertz CT molecular complexity index is 818. The van der Waals surface area contributed by atoms with Crippen molar-refractivity contribution >= 4 is 19.7 Å². The van der Waals surface area contributed by atoms with Gasteiger partial charge in [-0.05, 0) is 40.3 Å². The zero-order chi connectivity index (χ0) is 16.0. The van der Waals surface area contributed by atoms with E-state index in [-0.39, 0.29) is 0 Å². The van der Waals surface area contributed by atoms with Crippen LogP contribution >= 0.6 is 0 Å². The van der Waals surface area contributed by atoms with E-state index in [1.54, 1.807) is 11.1 Å². The monoisotopic (exact) mass is 316 g/mol. The molecule has 2 aromatic rings. The quantitative estimate of drug-likeness (QED) is 0.596. The summed E-state index contributed by atoms with van der Waals surface area (Å²) in [5.41, 5.74) is 9.22. The van der Waals surface area contributed by atoms with Gasteiger partial charge in [-0.3, -0.25) is 0 Å². The maximum absolute atomic E-state index is 2.48. The second-order valence-electron chi connectivity index (χ2n) is 8.04. The molecule has 1 unspecified atom stereocenters. The second-order valence-corrected chi connectivity index (χ2v) is 13.5. The number of hydrogen-bond acceptors (Lipinski definition) is 0. The van der Waals surface area contributed by atoms with Crippen LogP contribution in [-0.4, -0.2) is 8.07 Å². The van der Waals surface area contributed by atoms with Crippen LogP contribution in [0.25, 0.3) is 11.6 Å². The molecule has 2 aromatic carbocycles. The SMILES string of the molecule is C[Si](C)(C)CC1=C(C2C=Cc3ccccc32)Cc2ccccc21. The van der Waals surface area contributed by atoms with Gasteiger partial charge in [0.1, 0.15) is 0 Å². The lowest BCUT2D eigenvalue weighted by Crippen LogP contribution is -2.20. The van der Waals surface area contributed by atoms with E-state index in [2.05, 4.69) is 80.3 Å². The molecule has 116 valence electrons. The van der Waals surface area contributed by atoms with Crippen molar-refractivity contribution in [3.05, 3.63) is 82.4 Å². The normalized spacial score (nSPS) is 19.2. The molecule has 0 amide bonds. The number of fused-ring (bicyclic) bond motifs is 2. The van der Waals surface area contributed by atoms with Gasteiger partial charge >= 0.3 is 0 Å². The molecular formula is C22H24Si. The van der Waals surface area contributed by atoms with Crippen LogP contribution in [0.4, 0.5) is 0 Å². The molecule has 0 bridgehead atoms. The van der Waals surface area contributed by atoms with Crippen LogP contribution in [-0.2, 0) is 6.42 Å². The van der Waals surface area contributed by atoms with Gasteiger partial charge in [-0.15, -0.1) is 0 Å². The van der Waals surface area contributed by atoms with Crippen LogP contribution < -0.4 is 0 Å². The van der Waals surface area contributed by atoms with E-state index in [4.69, 9.17) is 0 Å². The van der Waals surface area contributed by atoms with Crippen molar-refractivity contribution in [2.75, 3.05) is 0 Å². The summed E-state index contributed by atoms with van der Waals surface area (Å²) in [5.74, 6) is 0.477. The van der Waals surface area contributed by atoms with Gasteiger partial charge in [0.25, 0.3) is 0 Å². The zero-order valence-corrected chi connectivity index (χ0v) is 15.3. The molecule has 4 rings (SSSR count). The van der Waals surface area contributed by atoms with Crippen molar-refractivity contribution in [3.63, 3.8) is 0 Å². The van der Waals surface area contributed by atoms with E-state index >= 15 is 0 Å². The van der Waals surface area contributed by atoms with Gasteiger partial charge < -0.3 is 0 Å². The molecule has 1 atom stereocenters. The summed E-state index contributed by atoms with van der Waals surface area (Å²) in [6.07, 6.45) is 5.84. The fraction of sp³-hybridized carbons (Fsp3) is 0.273. The Labute approximate surface area is 140 Å². The molecule has 1 heteroatoms. The second kappa shape index (κ2) is 5.35. The van der Waals surface area contributed by atoms with Crippen LogP contribution in [0, 0.1) is 0 Å². The van der Waals surface area contributed by atoms with E-state index < -0.39 is 8.07 Å². The van der Waals surface area contributed by atoms with Gasteiger partial charge in [-0.1, -0.05) is 85.9 Å². The molecule has 0 nitrogen and oxygen atoms in total. The molecule has 0 heterocycles. The Kier molecular flexibility index (Phi) is 3.42. The van der Waals surface area contributed by atoms with E-state index in [0.717, 1.165) is 6.42 Å². The summed E-state index contributed by atoms with van der Waals surface area (Å²) in [5, 5.41) is 0. The first kappa shape index (κ1) is 14.7. The lowest BCUT2D eigenvalue weighted by atomic mass is 9.90. The average Bonchev–Trinajstić information content (AvgIpc) is 3.08. The number of rotatable bonds is 3. The van der Waals surface area contributed by atoms with Crippen molar-refractivity contribution in [3.8, 4) is 0 Å². The predicted octanol–water partition coefficient (Wildman–Crippen LogP) is 6.15. The lowest BCUT2D eigenvalue weighted by Gasteiger charge is -2.21. The van der Waals surface area contributed by atoms with Crippen LogP contribution in [0.3, 0.4) is 0 Å². The summed E-state index contributed by atoms with van der Waals surface area (Å²) >= 11 is 0. The number of allylic oxidation sites excluding steroid dienone is 3. The third kappa shape index (κ3) is 2.64. The lowest BCUT2D eigenvalue weighted by molar-refractivity contribution is 0.964. The minimum atomic E-state index is -1.16. The smallest absolute Gasteiger partial charge is 0.0487 e. The summed E-state index contributed by atoms with van der Waals surface area (Å²) in [6, 6.07) is 19.2. The van der Waals surface area contributed by atoms with Crippen LogP contribution in [0.15, 0.2) is 60.2 Å². The van der Waals surface area contributed by atoms with Crippen molar-refractivity contribution in [2.24, 2.45) is 0 Å². The zero-order valence-electron chi connectivity index (χ0n) is 14.3. The molecule has 0 fully saturated rings. The molecule has 0 saturated heterocycles. The van der Waals surface area contributed by atoms with Gasteiger partial charge in [0.2, 0.25) is 0 Å². The molecule has 0 saturated carbocycles. The minimum absolute atomic E-state index is 0.477. The molecule has 0 aromatic heterocycles. The predicted molar refractivity (Wildman–Crippen MR) is 103 cm³/mol. The van der Waals surface area contributed by atoms with Crippen molar-refractivity contribution in [2.45, 2.75) is 38.0 Å². The summed E-state index contributed by atoms with van der Waals surface area (Å²) < 4.78 is 0. The summed E-state index contributed by atoms with van der Waals surface area (Å²) in [7, 11) is -1.16. The van der Waals surface area contributed by atoms with Gasteiger partial charge in [0, 0.05) is 14.0 Å². The van der Waals surface area contributed by atoms with Crippen molar-refractivity contribution in [1.82, 2.24) is 0 Å². The van der Waals surface area contributed by atoms with Crippen LogP contribution in [0.5, 0.6) is 0 Å². The maximum Gasteiger partial charge on any atom is 0.0487 e. The molecule has 2 aliphatic rings. The highest BCUT2D eigenvalue weighted by molar-refractivity contribution is 6.77. The first-order valence-electron chi connectivity index (χ1n) is 8.60. The third-order valence-electron chi connectivity index (χ3n) is 4.99. The van der Waals surface area contributed by atoms with E-state index in [1.165, 1.54) is 28.3 Å². The fourth-order valence-electron chi connectivity index (χ4n) is 4.04. The molecule has 0 radical (unpaired) electrons. The Morgan fingerprint density at radius 3 is 2.52 bits per heavy atom. The number of benzene rings is 2. The van der Waals surface area contributed by atoms with E-state index in [9.17, 15) is 0 Å². The third-order valence-corrected chi connectivity index (χ3v) is 6.41. The van der Waals surface area contributed by atoms with Gasteiger partial charge in [0.05, 0.1) is 0 Å². The first-order valence-corrected chi connectivity index (χ1v) is 12.3. The summed E-state index contributed by atoms with van der Waals surface area (Å²) in [6.45, 7) is 7.45. The first-order chi connectivity index (χ1) is 11.0. The molecule has 0 spiro atoms. The highest BCUT2D eigenvalue weighted by Gasteiger charge is 2.31. The van der Waals surface area contributed by atoms with Crippen molar-refractivity contribution in [1.29, 1.82) is 0 Å². The minimum Gasteiger partial charge on any atom is -0.0723 e. The molecule has 0 N–H and O–H groups in total. The van der Waals surface area contributed by atoms with Gasteiger partial charge in [-0.2, -0.15) is 0 Å². The summed E-state index contributed by atoms with van der Waals surface area (Å²) in [4.78, 5) is 0. The Morgan fingerprint density at radius 1 is 0.957 bits per heavy atom. The van der Waals surface area contributed by atoms with Crippen LogP contribution in [0.2, 0.25) is 25.7 Å². The van der Waals surface area contributed by atoms with Crippen LogP contribution in [0.1, 0.15) is 28.2 Å². The highest BCUT2D eigenvalue weighted by Crippen LogP contribution is 2.46. The number of hydrogen-bond donors (Lipinski definition) is 0. The maximum atomic E-state index is 2.48. The van der Waals surface area contributed by atoms with E-state index in [1.807, 2.05) is 0 Å². The van der Waals surface area contributed by atoms with E-state index in [0.29, 0.717) is 5.92 Å². The fourth-order valence-corrected chi connectivity index (χ4v) is 5.52. The average molecular weight is 317 g/mol. The highest BCUT2D eigenvalue weighted by atomic mass is 28.3. The Morgan fingerprint density at radius 2 is 1.70 bits per heavy atom. The molecule has 23 heavy (non-hydrogen) atoms. The Balaban J connectivity index is 1.83. The molecular weight excluding hydrogens is 292 g/mol. The molecule has 0 aliphatic heterocycles. The Hall–Kier alpha value is -1.86. The van der Waals surface area contributed by atoms with Crippen molar-refractivity contribution < 1.29 is 0 Å². The topological polar surface area (TPSA) is 0 Å². The van der Waals surface area contributed by atoms with Gasteiger partial charge in [0.15, 0.2) is 0 Å². The standard InChI is InChI=1S/C22H24Si/c1-23(2,3)15-22-19-11-7-5-9-17(19)14-21(22)20-13-12-16-8-4-6-10-18(16)20/h4-13,20H,14-15H2,1-3H3. The molecule has 2 aliphatic carbocycles.